The van der Waals surface area contributed by atoms with Gasteiger partial charge in [0.15, 0.2) is 0 Å². The smallest absolute Gasteiger partial charge is 0.222 e. The average molecular weight is 216 g/mol. The van der Waals surface area contributed by atoms with E-state index in [2.05, 4.69) is 24.5 Å². The molecule has 1 amide bonds. The van der Waals surface area contributed by atoms with E-state index >= 15 is 0 Å². The Morgan fingerprint density at radius 3 is 2.40 bits per heavy atom. The number of hydrogen-bond acceptors (Lipinski definition) is 3. The fourth-order valence-corrected chi connectivity index (χ4v) is 1.08. The molecule has 0 aromatic rings. The fraction of sp³-hybridized carbons (Fsp3) is 0.909. The molecule has 0 unspecified atom stereocenters. The molecule has 0 atom stereocenters. The first-order chi connectivity index (χ1) is 6.87. The molecule has 2 N–H and O–H groups in total. The maximum absolute atomic E-state index is 11.4. The van der Waals surface area contributed by atoms with E-state index in [0.717, 1.165) is 6.54 Å². The highest BCUT2D eigenvalue weighted by Crippen LogP contribution is 2.11. The molecule has 0 aromatic carbocycles. The number of amides is 1. The number of methoxy groups -OCH3 is 1. The molecular weight excluding hydrogens is 192 g/mol. The Labute approximate surface area is 92.8 Å². The number of hydrogen-bond donors (Lipinski definition) is 2. The quantitative estimate of drug-likeness (QED) is 0.622. The van der Waals surface area contributed by atoms with E-state index in [1.807, 2.05) is 13.8 Å². The van der Waals surface area contributed by atoms with Gasteiger partial charge in [-0.1, -0.05) is 13.8 Å². The molecule has 0 aliphatic heterocycles. The van der Waals surface area contributed by atoms with Gasteiger partial charge in [-0.15, -0.1) is 0 Å². The molecule has 0 radical (unpaired) electrons. The Kier molecular flexibility index (Phi) is 6.52. The van der Waals surface area contributed by atoms with E-state index in [4.69, 9.17) is 4.74 Å². The number of nitrogens with one attached hydrogen (secondary N) is 2. The second kappa shape index (κ2) is 6.80. The SMILES string of the molecule is COC(C)(C)CC(=O)NCCNC(C)C. The van der Waals surface area contributed by atoms with Gasteiger partial charge in [-0.2, -0.15) is 0 Å². The van der Waals surface area contributed by atoms with Crippen LogP contribution in [0.5, 0.6) is 0 Å². The van der Waals surface area contributed by atoms with E-state index < -0.39 is 0 Å². The summed E-state index contributed by atoms with van der Waals surface area (Å²) in [5, 5.41) is 6.08. The summed E-state index contributed by atoms with van der Waals surface area (Å²) in [5.74, 6) is 0.0346. The van der Waals surface area contributed by atoms with Crippen molar-refractivity contribution in [2.24, 2.45) is 0 Å². The van der Waals surface area contributed by atoms with Crippen molar-refractivity contribution in [2.45, 2.75) is 45.8 Å². The van der Waals surface area contributed by atoms with Crippen LogP contribution in [0.1, 0.15) is 34.1 Å². The van der Waals surface area contributed by atoms with Crippen molar-refractivity contribution in [3.63, 3.8) is 0 Å². The van der Waals surface area contributed by atoms with Gasteiger partial charge < -0.3 is 15.4 Å². The zero-order valence-corrected chi connectivity index (χ0v) is 10.5. The van der Waals surface area contributed by atoms with Crippen molar-refractivity contribution in [1.29, 1.82) is 0 Å². The Balaban J connectivity index is 3.58. The molecule has 4 nitrogen and oxygen atoms in total. The van der Waals surface area contributed by atoms with E-state index in [1.165, 1.54) is 0 Å². The van der Waals surface area contributed by atoms with Crippen LogP contribution in [0.2, 0.25) is 0 Å². The lowest BCUT2D eigenvalue weighted by molar-refractivity contribution is -0.126. The minimum atomic E-state index is -0.379. The maximum atomic E-state index is 11.4. The Hall–Kier alpha value is -0.610. The summed E-state index contributed by atoms with van der Waals surface area (Å²) in [6, 6.07) is 0.456. The molecule has 0 aromatic heterocycles. The Morgan fingerprint density at radius 2 is 1.93 bits per heavy atom. The second-order valence-electron chi connectivity index (χ2n) is 4.60. The largest absolute Gasteiger partial charge is 0.378 e. The summed E-state index contributed by atoms with van der Waals surface area (Å²) < 4.78 is 5.18. The third-order valence-corrected chi connectivity index (χ3v) is 2.14. The molecule has 0 saturated carbocycles. The predicted octanol–water partition coefficient (Wildman–Crippen LogP) is 0.916. The lowest BCUT2D eigenvalue weighted by Crippen LogP contribution is -2.38. The first-order valence-electron chi connectivity index (χ1n) is 5.42. The van der Waals surface area contributed by atoms with Crippen LogP contribution in [-0.4, -0.2) is 37.7 Å². The highest BCUT2D eigenvalue weighted by molar-refractivity contribution is 5.76. The summed E-state index contributed by atoms with van der Waals surface area (Å²) >= 11 is 0. The monoisotopic (exact) mass is 216 g/mol. The zero-order valence-electron chi connectivity index (χ0n) is 10.5. The molecule has 0 aliphatic carbocycles. The van der Waals surface area contributed by atoms with Gasteiger partial charge in [-0.05, 0) is 13.8 Å². The van der Waals surface area contributed by atoms with Crippen LogP contribution in [0.4, 0.5) is 0 Å². The molecular formula is C11H24N2O2. The molecule has 0 spiro atoms. The summed E-state index contributed by atoms with van der Waals surface area (Å²) in [6.45, 7) is 9.43. The van der Waals surface area contributed by atoms with Gasteiger partial charge in [0, 0.05) is 26.2 Å². The number of rotatable bonds is 7. The molecule has 0 aliphatic rings. The fourth-order valence-electron chi connectivity index (χ4n) is 1.08. The number of carbonyl (C=O) groups is 1. The van der Waals surface area contributed by atoms with Crippen molar-refractivity contribution in [2.75, 3.05) is 20.2 Å². The highest BCUT2D eigenvalue weighted by Gasteiger charge is 2.20. The van der Waals surface area contributed by atoms with Crippen LogP contribution in [0.3, 0.4) is 0 Å². The summed E-state index contributed by atoms with van der Waals surface area (Å²) in [7, 11) is 1.62. The molecule has 90 valence electrons. The topological polar surface area (TPSA) is 50.4 Å². The van der Waals surface area contributed by atoms with Crippen LogP contribution in [-0.2, 0) is 9.53 Å². The predicted molar refractivity (Wildman–Crippen MR) is 61.9 cm³/mol. The van der Waals surface area contributed by atoms with Crippen LogP contribution < -0.4 is 10.6 Å². The van der Waals surface area contributed by atoms with Crippen LogP contribution in [0.25, 0.3) is 0 Å². The van der Waals surface area contributed by atoms with Crippen LogP contribution in [0, 0.1) is 0 Å². The normalized spacial score (nSPS) is 11.9. The molecule has 4 heteroatoms. The van der Waals surface area contributed by atoms with Gasteiger partial charge in [0.1, 0.15) is 0 Å². The van der Waals surface area contributed by atoms with Gasteiger partial charge >= 0.3 is 0 Å². The Morgan fingerprint density at radius 1 is 1.33 bits per heavy atom. The first kappa shape index (κ1) is 14.4. The van der Waals surface area contributed by atoms with E-state index in [9.17, 15) is 4.79 Å². The van der Waals surface area contributed by atoms with Crippen LogP contribution >= 0.6 is 0 Å². The van der Waals surface area contributed by atoms with Gasteiger partial charge in [-0.25, -0.2) is 0 Å². The van der Waals surface area contributed by atoms with E-state index in [0.29, 0.717) is 19.0 Å². The zero-order chi connectivity index (χ0) is 11.9. The number of carbonyl (C=O) groups excluding carboxylic acids is 1. The summed E-state index contributed by atoms with van der Waals surface area (Å²) in [6.07, 6.45) is 0.394. The Bertz CT molecular complexity index is 191. The first-order valence-corrected chi connectivity index (χ1v) is 5.42. The van der Waals surface area contributed by atoms with Crippen molar-refractivity contribution >= 4 is 5.91 Å². The van der Waals surface area contributed by atoms with E-state index in [1.54, 1.807) is 7.11 Å². The molecule has 0 heterocycles. The van der Waals surface area contributed by atoms with Crippen molar-refractivity contribution in [1.82, 2.24) is 10.6 Å². The van der Waals surface area contributed by atoms with E-state index in [-0.39, 0.29) is 11.5 Å². The molecule has 0 saturated heterocycles. The third-order valence-electron chi connectivity index (χ3n) is 2.14. The highest BCUT2D eigenvalue weighted by atomic mass is 16.5. The minimum absolute atomic E-state index is 0.0346. The van der Waals surface area contributed by atoms with Crippen LogP contribution in [0.15, 0.2) is 0 Å². The standard InChI is InChI=1S/C11H24N2O2/c1-9(2)12-6-7-13-10(14)8-11(3,4)15-5/h9,12H,6-8H2,1-5H3,(H,13,14). The average Bonchev–Trinajstić information content (AvgIpc) is 2.11. The lowest BCUT2D eigenvalue weighted by atomic mass is 10.1. The molecule has 0 bridgehead atoms. The van der Waals surface area contributed by atoms with Gasteiger partial charge in [0.05, 0.1) is 12.0 Å². The van der Waals surface area contributed by atoms with Crippen molar-refractivity contribution in [3.05, 3.63) is 0 Å². The van der Waals surface area contributed by atoms with Gasteiger partial charge in [0.2, 0.25) is 5.91 Å². The molecule has 15 heavy (non-hydrogen) atoms. The summed E-state index contributed by atoms with van der Waals surface area (Å²) in [4.78, 5) is 11.4. The molecule has 0 fully saturated rings. The summed E-state index contributed by atoms with van der Waals surface area (Å²) in [5.41, 5.74) is -0.379. The minimum Gasteiger partial charge on any atom is -0.378 e. The van der Waals surface area contributed by atoms with Gasteiger partial charge in [0.25, 0.3) is 0 Å². The lowest BCUT2D eigenvalue weighted by Gasteiger charge is -2.22. The second-order valence-corrected chi connectivity index (χ2v) is 4.60. The number of ether oxygens (including phenoxy) is 1. The van der Waals surface area contributed by atoms with Gasteiger partial charge in [-0.3, -0.25) is 4.79 Å². The van der Waals surface area contributed by atoms with Crippen molar-refractivity contribution in [3.8, 4) is 0 Å². The third kappa shape index (κ3) is 8.39. The maximum Gasteiger partial charge on any atom is 0.222 e. The van der Waals surface area contributed by atoms with Crippen molar-refractivity contribution < 1.29 is 9.53 Å². The molecule has 0 rings (SSSR count).